The van der Waals surface area contributed by atoms with E-state index in [4.69, 9.17) is 4.74 Å². The van der Waals surface area contributed by atoms with Crippen molar-refractivity contribution in [1.82, 2.24) is 25.2 Å². The fraction of sp³-hybridized carbons (Fsp3) is 0.800. The van der Waals surface area contributed by atoms with Crippen molar-refractivity contribution in [3.8, 4) is 0 Å². The average molecular weight is 309 g/mol. The summed E-state index contributed by atoms with van der Waals surface area (Å²) in [5.41, 5.74) is 0.612. The van der Waals surface area contributed by atoms with Crippen LogP contribution in [0.25, 0.3) is 0 Å². The lowest BCUT2D eigenvalue weighted by Gasteiger charge is -2.27. The molecule has 0 bridgehead atoms. The van der Waals surface area contributed by atoms with Gasteiger partial charge in [0.1, 0.15) is 5.60 Å². The number of aryl methyl sites for hydroxylation is 1. The minimum atomic E-state index is -0.436. The lowest BCUT2D eigenvalue weighted by Crippen LogP contribution is -2.39. The third-order valence-corrected chi connectivity index (χ3v) is 3.48. The Hall–Kier alpha value is -1.63. The van der Waals surface area contributed by atoms with Gasteiger partial charge in [-0.25, -0.2) is 4.79 Å². The maximum absolute atomic E-state index is 12.2. The number of hydrogen-bond acceptors (Lipinski definition) is 5. The normalized spacial score (nSPS) is 14.9. The monoisotopic (exact) mass is 309 g/mol. The van der Waals surface area contributed by atoms with E-state index in [1.54, 1.807) is 10.9 Å². The minimum Gasteiger partial charge on any atom is -0.444 e. The molecule has 7 heteroatoms. The number of carbonyl (C=O) groups is 1. The Bertz CT molecular complexity index is 490. The molecule has 22 heavy (non-hydrogen) atoms. The SMILES string of the molecule is Cn1nncc1CNCCCN(C(=O)OC(C)(C)C)C1CC1. The van der Waals surface area contributed by atoms with Gasteiger partial charge in [0.15, 0.2) is 0 Å². The van der Waals surface area contributed by atoms with Crippen molar-refractivity contribution in [2.75, 3.05) is 13.1 Å². The Balaban J connectivity index is 1.69. The fourth-order valence-electron chi connectivity index (χ4n) is 2.19. The van der Waals surface area contributed by atoms with E-state index in [9.17, 15) is 4.79 Å². The van der Waals surface area contributed by atoms with Crippen LogP contribution >= 0.6 is 0 Å². The van der Waals surface area contributed by atoms with Crippen molar-refractivity contribution >= 4 is 6.09 Å². The van der Waals surface area contributed by atoms with Gasteiger partial charge in [-0.2, -0.15) is 0 Å². The van der Waals surface area contributed by atoms with E-state index in [0.29, 0.717) is 6.04 Å². The van der Waals surface area contributed by atoms with Crippen LogP contribution < -0.4 is 5.32 Å². The maximum Gasteiger partial charge on any atom is 0.410 e. The highest BCUT2D eigenvalue weighted by Crippen LogP contribution is 2.28. The van der Waals surface area contributed by atoms with Crippen LogP contribution in [-0.2, 0) is 18.3 Å². The van der Waals surface area contributed by atoms with Gasteiger partial charge in [-0.05, 0) is 46.6 Å². The molecule has 7 nitrogen and oxygen atoms in total. The second-order valence-corrected chi connectivity index (χ2v) is 6.78. The van der Waals surface area contributed by atoms with Crippen LogP contribution in [0.15, 0.2) is 6.20 Å². The maximum atomic E-state index is 12.2. The number of nitrogens with one attached hydrogen (secondary N) is 1. The molecule has 0 saturated heterocycles. The second kappa shape index (κ2) is 7.09. The Kier molecular flexibility index (Phi) is 5.39. The smallest absolute Gasteiger partial charge is 0.410 e. The first-order chi connectivity index (χ1) is 10.4. The second-order valence-electron chi connectivity index (χ2n) is 6.78. The molecule has 0 radical (unpaired) electrons. The zero-order chi connectivity index (χ0) is 16.2. The van der Waals surface area contributed by atoms with E-state index in [-0.39, 0.29) is 6.09 Å². The molecule has 1 amide bonds. The molecule has 2 rings (SSSR count). The molecule has 124 valence electrons. The highest BCUT2D eigenvalue weighted by molar-refractivity contribution is 5.69. The van der Waals surface area contributed by atoms with E-state index in [2.05, 4.69) is 15.6 Å². The topological polar surface area (TPSA) is 72.3 Å². The van der Waals surface area contributed by atoms with Gasteiger partial charge in [0.25, 0.3) is 0 Å². The Labute approximate surface area is 132 Å². The minimum absolute atomic E-state index is 0.189. The summed E-state index contributed by atoms with van der Waals surface area (Å²) in [4.78, 5) is 14.1. The van der Waals surface area contributed by atoms with E-state index < -0.39 is 5.60 Å². The van der Waals surface area contributed by atoms with Crippen LogP contribution in [0.3, 0.4) is 0 Å². The standard InChI is InChI=1S/C15H27N5O2/c1-15(2,3)22-14(21)20(12-6-7-12)9-5-8-16-10-13-11-17-18-19(13)4/h11-12,16H,5-10H2,1-4H3. The number of hydrogen-bond donors (Lipinski definition) is 1. The van der Waals surface area contributed by atoms with Crippen molar-refractivity contribution in [1.29, 1.82) is 0 Å². The quantitative estimate of drug-likeness (QED) is 0.776. The predicted molar refractivity (Wildman–Crippen MR) is 83.3 cm³/mol. The van der Waals surface area contributed by atoms with Crippen LogP contribution in [0.5, 0.6) is 0 Å². The van der Waals surface area contributed by atoms with Gasteiger partial charge in [0.2, 0.25) is 0 Å². The fourth-order valence-corrected chi connectivity index (χ4v) is 2.19. The van der Waals surface area contributed by atoms with E-state index in [1.807, 2.05) is 32.7 Å². The first kappa shape index (κ1) is 16.7. The zero-order valence-electron chi connectivity index (χ0n) is 14.0. The zero-order valence-corrected chi connectivity index (χ0v) is 14.0. The molecule has 1 aromatic rings. The predicted octanol–water partition coefficient (Wildman–Crippen LogP) is 1.69. The number of amides is 1. The molecule has 0 spiro atoms. The van der Waals surface area contributed by atoms with Gasteiger partial charge in [0.05, 0.1) is 11.9 Å². The van der Waals surface area contributed by atoms with Crippen LogP contribution in [0.1, 0.15) is 45.7 Å². The largest absolute Gasteiger partial charge is 0.444 e. The molecule has 0 unspecified atom stereocenters. The van der Waals surface area contributed by atoms with E-state index in [1.165, 1.54) is 0 Å². The lowest BCUT2D eigenvalue weighted by atomic mass is 10.2. The highest BCUT2D eigenvalue weighted by atomic mass is 16.6. The molecule has 1 fully saturated rings. The number of rotatable bonds is 7. The summed E-state index contributed by atoms with van der Waals surface area (Å²) in [5, 5.41) is 11.1. The van der Waals surface area contributed by atoms with Crippen LogP contribution in [0, 0.1) is 0 Å². The van der Waals surface area contributed by atoms with Gasteiger partial charge in [0, 0.05) is 26.2 Å². The van der Waals surface area contributed by atoms with Gasteiger partial charge >= 0.3 is 6.09 Å². The average Bonchev–Trinajstić information content (AvgIpc) is 3.15. The van der Waals surface area contributed by atoms with Crippen LogP contribution in [0.2, 0.25) is 0 Å². The van der Waals surface area contributed by atoms with E-state index in [0.717, 1.165) is 44.6 Å². The third kappa shape index (κ3) is 5.29. The van der Waals surface area contributed by atoms with Crippen molar-refractivity contribution in [3.05, 3.63) is 11.9 Å². The van der Waals surface area contributed by atoms with Crippen LogP contribution in [-0.4, -0.2) is 50.7 Å². The molecule has 1 heterocycles. The molecule has 1 saturated carbocycles. The first-order valence-corrected chi connectivity index (χ1v) is 7.91. The van der Waals surface area contributed by atoms with E-state index >= 15 is 0 Å². The first-order valence-electron chi connectivity index (χ1n) is 7.91. The number of aromatic nitrogens is 3. The van der Waals surface area contributed by atoms with Gasteiger partial charge in [-0.15, -0.1) is 5.10 Å². The molecule has 0 aliphatic heterocycles. The van der Waals surface area contributed by atoms with Crippen molar-refractivity contribution in [2.24, 2.45) is 7.05 Å². The summed E-state index contributed by atoms with van der Waals surface area (Å²) in [7, 11) is 1.88. The summed E-state index contributed by atoms with van der Waals surface area (Å²) in [5.74, 6) is 0. The molecule has 1 aromatic heterocycles. The Morgan fingerprint density at radius 1 is 1.50 bits per heavy atom. The molecule has 0 atom stereocenters. The summed E-state index contributed by atoms with van der Waals surface area (Å²) in [6.45, 7) is 8.02. The Morgan fingerprint density at radius 3 is 2.77 bits per heavy atom. The van der Waals surface area contributed by atoms with Crippen molar-refractivity contribution in [3.63, 3.8) is 0 Å². The summed E-state index contributed by atoms with van der Waals surface area (Å²) in [6.07, 6.45) is 4.65. The number of carbonyl (C=O) groups excluding carboxylic acids is 1. The number of nitrogens with zero attached hydrogens (tertiary/aromatic N) is 4. The summed E-state index contributed by atoms with van der Waals surface area (Å²) < 4.78 is 7.23. The summed E-state index contributed by atoms with van der Waals surface area (Å²) >= 11 is 0. The molecular formula is C15H27N5O2. The van der Waals surface area contributed by atoms with Gasteiger partial charge in [-0.3, -0.25) is 4.68 Å². The molecule has 0 aromatic carbocycles. The van der Waals surface area contributed by atoms with Gasteiger partial charge < -0.3 is 15.0 Å². The van der Waals surface area contributed by atoms with Crippen molar-refractivity contribution < 1.29 is 9.53 Å². The molecule has 1 aliphatic rings. The van der Waals surface area contributed by atoms with Crippen LogP contribution in [0.4, 0.5) is 4.79 Å². The van der Waals surface area contributed by atoms with Crippen molar-refractivity contribution in [2.45, 2.75) is 58.2 Å². The highest BCUT2D eigenvalue weighted by Gasteiger charge is 2.34. The third-order valence-electron chi connectivity index (χ3n) is 3.48. The molecule has 1 N–H and O–H groups in total. The molecule has 1 aliphatic carbocycles. The van der Waals surface area contributed by atoms with Gasteiger partial charge in [-0.1, -0.05) is 5.21 Å². The summed E-state index contributed by atoms with van der Waals surface area (Å²) in [6, 6.07) is 0.371. The number of ether oxygens (including phenoxy) is 1. The molecular weight excluding hydrogens is 282 g/mol. The lowest BCUT2D eigenvalue weighted by molar-refractivity contribution is 0.0232. The Morgan fingerprint density at radius 2 is 2.23 bits per heavy atom.